The number of benzene rings is 2. The van der Waals surface area contributed by atoms with E-state index in [0.717, 1.165) is 38.4 Å². The summed E-state index contributed by atoms with van der Waals surface area (Å²) in [5, 5.41) is 5.68. The average molecular weight is 403 g/mol. The first-order chi connectivity index (χ1) is 14.8. The smallest absolute Gasteiger partial charge is 0.320 e. The molecule has 2 aromatic carbocycles. The van der Waals surface area contributed by atoms with Crippen LogP contribution in [0.15, 0.2) is 73.1 Å². The second-order valence-electron chi connectivity index (χ2n) is 7.19. The minimum absolute atomic E-state index is 0.260. The third-order valence-corrected chi connectivity index (χ3v) is 5.16. The molecule has 1 aliphatic heterocycles. The van der Waals surface area contributed by atoms with Gasteiger partial charge in [0.1, 0.15) is 18.0 Å². The Kier molecular flexibility index (Phi) is 6.39. The number of nitrogens with zero attached hydrogens (tertiary/aromatic N) is 4. The number of amides is 2. The molecular weight excluding hydrogens is 376 g/mol. The van der Waals surface area contributed by atoms with E-state index in [2.05, 4.69) is 54.7 Å². The van der Waals surface area contributed by atoms with Gasteiger partial charge < -0.3 is 15.1 Å². The van der Waals surface area contributed by atoms with Gasteiger partial charge in [-0.15, -0.1) is 0 Å². The Morgan fingerprint density at radius 2 is 1.53 bits per heavy atom. The Labute approximate surface area is 176 Å². The molecule has 2 heterocycles. The quantitative estimate of drug-likeness (QED) is 0.663. The molecule has 1 fully saturated rings. The maximum absolute atomic E-state index is 12.2. The van der Waals surface area contributed by atoms with E-state index < -0.39 is 0 Å². The summed E-state index contributed by atoms with van der Waals surface area (Å²) in [6.45, 7) is 4.16. The van der Waals surface area contributed by atoms with Crippen LogP contribution < -0.4 is 20.4 Å². The van der Waals surface area contributed by atoms with E-state index >= 15 is 0 Å². The fourth-order valence-corrected chi connectivity index (χ4v) is 3.55. The number of urea groups is 1. The number of rotatable bonds is 6. The summed E-state index contributed by atoms with van der Waals surface area (Å²) < 4.78 is 0. The van der Waals surface area contributed by atoms with Crippen LogP contribution in [0.1, 0.15) is 5.56 Å². The molecule has 4 rings (SSSR count). The molecule has 0 aliphatic carbocycles. The summed E-state index contributed by atoms with van der Waals surface area (Å²) in [4.78, 5) is 25.4. The van der Waals surface area contributed by atoms with Crippen LogP contribution in [0.2, 0.25) is 0 Å². The molecule has 3 aromatic rings. The van der Waals surface area contributed by atoms with Crippen LogP contribution in [0.3, 0.4) is 0 Å². The average Bonchev–Trinajstić information content (AvgIpc) is 2.81. The van der Waals surface area contributed by atoms with E-state index in [1.54, 1.807) is 0 Å². The van der Waals surface area contributed by atoms with Crippen molar-refractivity contribution < 1.29 is 4.79 Å². The monoisotopic (exact) mass is 402 g/mol. The van der Waals surface area contributed by atoms with E-state index in [1.165, 1.54) is 17.6 Å². The largest absolute Gasteiger partial charge is 0.368 e. The van der Waals surface area contributed by atoms with Gasteiger partial charge in [-0.25, -0.2) is 14.8 Å². The molecule has 1 aromatic heterocycles. The first kappa shape index (κ1) is 19.7. The number of piperazine rings is 1. The van der Waals surface area contributed by atoms with Gasteiger partial charge in [-0.2, -0.15) is 0 Å². The zero-order valence-corrected chi connectivity index (χ0v) is 16.9. The standard InChI is InChI=1S/C23H26N6O/c30-23(24-12-11-19-7-3-1-4-8-19)27-21-17-22(26-18-25-21)29-15-13-28(14-16-29)20-9-5-2-6-10-20/h1-10,17-18H,11-16H2,(H2,24,25,26,27,30). The second kappa shape index (κ2) is 9.73. The van der Waals surface area contributed by atoms with Crippen LogP contribution in [0.25, 0.3) is 0 Å². The van der Waals surface area contributed by atoms with Gasteiger partial charge in [0.15, 0.2) is 0 Å². The molecule has 154 valence electrons. The molecule has 1 aliphatic rings. The first-order valence-electron chi connectivity index (χ1n) is 10.2. The van der Waals surface area contributed by atoms with Crippen molar-refractivity contribution in [1.29, 1.82) is 0 Å². The number of carbonyl (C=O) groups is 1. The number of hydrogen-bond acceptors (Lipinski definition) is 5. The number of nitrogens with one attached hydrogen (secondary N) is 2. The van der Waals surface area contributed by atoms with Crippen molar-refractivity contribution >= 4 is 23.4 Å². The predicted molar refractivity (Wildman–Crippen MR) is 120 cm³/mol. The third kappa shape index (κ3) is 5.26. The SMILES string of the molecule is O=C(NCCc1ccccc1)Nc1cc(N2CCN(c3ccccc3)CC2)ncn1. The predicted octanol–water partition coefficient (Wildman–Crippen LogP) is 3.17. The Hall–Kier alpha value is -3.61. The highest BCUT2D eigenvalue weighted by Gasteiger charge is 2.18. The topological polar surface area (TPSA) is 73.4 Å². The summed E-state index contributed by atoms with van der Waals surface area (Å²) in [6.07, 6.45) is 2.29. The van der Waals surface area contributed by atoms with Crippen molar-refractivity contribution in [3.63, 3.8) is 0 Å². The maximum atomic E-state index is 12.2. The van der Waals surface area contributed by atoms with Gasteiger partial charge >= 0.3 is 6.03 Å². The lowest BCUT2D eigenvalue weighted by Gasteiger charge is -2.36. The van der Waals surface area contributed by atoms with Crippen LogP contribution in [0.5, 0.6) is 0 Å². The first-order valence-corrected chi connectivity index (χ1v) is 10.2. The minimum atomic E-state index is -0.260. The van der Waals surface area contributed by atoms with E-state index in [-0.39, 0.29) is 6.03 Å². The summed E-state index contributed by atoms with van der Waals surface area (Å²) in [5.74, 6) is 1.33. The van der Waals surface area contributed by atoms with Crippen molar-refractivity contribution in [2.45, 2.75) is 6.42 Å². The van der Waals surface area contributed by atoms with Crippen molar-refractivity contribution in [3.05, 3.63) is 78.6 Å². The number of carbonyl (C=O) groups excluding carboxylic acids is 1. The van der Waals surface area contributed by atoms with Gasteiger partial charge in [-0.1, -0.05) is 48.5 Å². The normalized spacial score (nSPS) is 13.7. The third-order valence-electron chi connectivity index (χ3n) is 5.16. The molecule has 0 radical (unpaired) electrons. The molecule has 0 spiro atoms. The van der Waals surface area contributed by atoms with Crippen molar-refractivity contribution in [2.24, 2.45) is 0 Å². The molecule has 2 amide bonds. The summed E-state index contributed by atoms with van der Waals surface area (Å²) in [7, 11) is 0. The van der Waals surface area contributed by atoms with Crippen LogP contribution in [-0.4, -0.2) is 48.7 Å². The lowest BCUT2D eigenvalue weighted by molar-refractivity contribution is 0.252. The second-order valence-corrected chi connectivity index (χ2v) is 7.19. The highest BCUT2D eigenvalue weighted by molar-refractivity contribution is 5.88. The van der Waals surface area contributed by atoms with Crippen molar-refractivity contribution in [2.75, 3.05) is 47.8 Å². The van der Waals surface area contributed by atoms with Crippen molar-refractivity contribution in [1.82, 2.24) is 15.3 Å². The van der Waals surface area contributed by atoms with Gasteiger partial charge in [-0.3, -0.25) is 5.32 Å². The van der Waals surface area contributed by atoms with Crippen LogP contribution in [-0.2, 0) is 6.42 Å². The highest BCUT2D eigenvalue weighted by atomic mass is 16.2. The highest BCUT2D eigenvalue weighted by Crippen LogP contribution is 2.20. The lowest BCUT2D eigenvalue weighted by Crippen LogP contribution is -2.46. The molecule has 1 saturated heterocycles. The Bertz CT molecular complexity index is 942. The Morgan fingerprint density at radius 1 is 0.867 bits per heavy atom. The molecule has 30 heavy (non-hydrogen) atoms. The van der Waals surface area contributed by atoms with Gasteiger partial charge in [0.25, 0.3) is 0 Å². The summed E-state index contributed by atoms with van der Waals surface area (Å²) in [6, 6.07) is 22.1. The fourth-order valence-electron chi connectivity index (χ4n) is 3.55. The number of hydrogen-bond donors (Lipinski definition) is 2. The van der Waals surface area contributed by atoms with Gasteiger partial charge in [-0.05, 0) is 24.1 Å². The molecule has 0 unspecified atom stereocenters. The number of aromatic nitrogens is 2. The molecule has 2 N–H and O–H groups in total. The van der Waals surface area contributed by atoms with Crippen LogP contribution >= 0.6 is 0 Å². The summed E-state index contributed by atoms with van der Waals surface area (Å²) >= 11 is 0. The van der Waals surface area contributed by atoms with Gasteiger partial charge in [0.05, 0.1) is 0 Å². The molecule has 7 heteroatoms. The van der Waals surface area contributed by atoms with E-state index in [1.807, 2.05) is 42.5 Å². The van der Waals surface area contributed by atoms with Crippen molar-refractivity contribution in [3.8, 4) is 0 Å². The van der Waals surface area contributed by atoms with Gasteiger partial charge in [0, 0.05) is 44.5 Å². The molecule has 0 bridgehead atoms. The minimum Gasteiger partial charge on any atom is -0.368 e. The molecular formula is C23H26N6O. The molecule has 0 atom stereocenters. The van der Waals surface area contributed by atoms with Gasteiger partial charge in [0.2, 0.25) is 0 Å². The number of anilines is 3. The zero-order chi connectivity index (χ0) is 20.6. The zero-order valence-electron chi connectivity index (χ0n) is 16.9. The van der Waals surface area contributed by atoms with E-state index in [4.69, 9.17) is 0 Å². The van der Waals surface area contributed by atoms with E-state index in [9.17, 15) is 4.79 Å². The summed E-state index contributed by atoms with van der Waals surface area (Å²) in [5.41, 5.74) is 2.44. The fraction of sp³-hybridized carbons (Fsp3) is 0.261. The van der Waals surface area contributed by atoms with Crippen LogP contribution in [0.4, 0.5) is 22.1 Å². The maximum Gasteiger partial charge on any atom is 0.320 e. The lowest BCUT2D eigenvalue weighted by atomic mass is 10.1. The van der Waals surface area contributed by atoms with E-state index in [0.29, 0.717) is 12.4 Å². The molecule has 7 nitrogen and oxygen atoms in total. The van der Waals surface area contributed by atoms with Crippen LogP contribution in [0, 0.1) is 0 Å². The Balaban J connectivity index is 1.27. The number of para-hydroxylation sites is 1. The Morgan fingerprint density at radius 3 is 2.27 bits per heavy atom. The molecule has 0 saturated carbocycles.